The normalized spacial score (nSPS) is 19.9. The van der Waals surface area contributed by atoms with Gasteiger partial charge in [-0.1, -0.05) is 12.1 Å². The number of carboxylic acids is 1. The summed E-state index contributed by atoms with van der Waals surface area (Å²) >= 11 is 0. The van der Waals surface area contributed by atoms with Crippen molar-refractivity contribution in [3.63, 3.8) is 0 Å². The molecular weight excluding hydrogens is 374 g/mol. The second-order valence-corrected chi connectivity index (χ2v) is 7.39. The second-order valence-electron chi connectivity index (χ2n) is 7.39. The largest absolute Gasteiger partial charge is 0.508 e. The Morgan fingerprint density at radius 2 is 1.69 bits per heavy atom. The zero-order valence-electron chi connectivity index (χ0n) is 15.5. The Morgan fingerprint density at radius 3 is 2.34 bits per heavy atom. The predicted molar refractivity (Wildman–Crippen MR) is 105 cm³/mol. The maximum absolute atomic E-state index is 12.7. The average molecular weight is 395 g/mol. The van der Waals surface area contributed by atoms with E-state index in [-0.39, 0.29) is 24.2 Å². The molecule has 2 atom stereocenters. The molecule has 3 amide bonds. The highest BCUT2D eigenvalue weighted by Gasteiger charge is 2.39. The summed E-state index contributed by atoms with van der Waals surface area (Å²) in [5.74, 6) is -2.28. The topological polar surface area (TPSA) is 128 Å². The number of carboxylic acid groups (broad SMARTS) is 1. The number of hydrogen-bond acceptors (Lipinski definition) is 4. The van der Waals surface area contributed by atoms with Gasteiger partial charge in [-0.3, -0.25) is 9.59 Å². The maximum atomic E-state index is 12.7. The highest BCUT2D eigenvalue weighted by atomic mass is 16.4. The van der Waals surface area contributed by atoms with E-state index in [0.717, 1.165) is 12.8 Å². The summed E-state index contributed by atoms with van der Waals surface area (Å²) in [7, 11) is 0. The summed E-state index contributed by atoms with van der Waals surface area (Å²) in [6.45, 7) is 0. The molecular formula is C21H21N3O5. The molecule has 2 aliphatic rings. The molecule has 1 fully saturated rings. The number of benzene rings is 2. The van der Waals surface area contributed by atoms with Gasteiger partial charge in [0.05, 0.1) is 12.0 Å². The SMILES string of the molecule is O=C(Nc1ccc(C(=O)NC2c3cccc(O)c3CC2C(=O)O)cc1)NC1CC1. The number of anilines is 1. The van der Waals surface area contributed by atoms with Crippen LogP contribution in [0.4, 0.5) is 10.5 Å². The van der Waals surface area contributed by atoms with Gasteiger partial charge in [0, 0.05) is 22.9 Å². The highest BCUT2D eigenvalue weighted by Crippen LogP contribution is 2.40. The molecule has 2 aromatic rings. The van der Waals surface area contributed by atoms with Crippen molar-refractivity contribution < 1.29 is 24.6 Å². The van der Waals surface area contributed by atoms with Crippen molar-refractivity contribution in [2.75, 3.05) is 5.32 Å². The molecule has 8 heteroatoms. The minimum Gasteiger partial charge on any atom is -0.508 e. The molecule has 4 rings (SSSR count). The van der Waals surface area contributed by atoms with Crippen molar-refractivity contribution in [2.45, 2.75) is 31.3 Å². The van der Waals surface area contributed by atoms with E-state index < -0.39 is 23.8 Å². The number of nitrogens with one attached hydrogen (secondary N) is 3. The lowest BCUT2D eigenvalue weighted by Crippen LogP contribution is -2.34. The van der Waals surface area contributed by atoms with E-state index in [1.165, 1.54) is 6.07 Å². The fourth-order valence-electron chi connectivity index (χ4n) is 3.58. The third-order valence-electron chi connectivity index (χ3n) is 5.27. The summed E-state index contributed by atoms with van der Waals surface area (Å²) in [6.07, 6.45) is 2.14. The lowest BCUT2D eigenvalue weighted by atomic mass is 10.00. The van der Waals surface area contributed by atoms with Crippen molar-refractivity contribution in [1.82, 2.24) is 10.6 Å². The molecule has 29 heavy (non-hydrogen) atoms. The first-order chi connectivity index (χ1) is 13.9. The fraction of sp³-hybridized carbons (Fsp3) is 0.286. The number of phenolic OH excluding ortho intramolecular Hbond substituents is 1. The number of carbonyl (C=O) groups is 3. The summed E-state index contributed by atoms with van der Waals surface area (Å²) < 4.78 is 0. The molecule has 5 N–H and O–H groups in total. The number of carbonyl (C=O) groups excluding carboxylic acids is 2. The van der Waals surface area contributed by atoms with E-state index in [1.54, 1.807) is 36.4 Å². The van der Waals surface area contributed by atoms with Crippen molar-refractivity contribution in [2.24, 2.45) is 5.92 Å². The van der Waals surface area contributed by atoms with E-state index in [4.69, 9.17) is 0 Å². The van der Waals surface area contributed by atoms with Crippen LogP contribution in [0, 0.1) is 5.92 Å². The third-order valence-corrected chi connectivity index (χ3v) is 5.27. The first-order valence-electron chi connectivity index (χ1n) is 9.44. The Morgan fingerprint density at radius 1 is 0.966 bits per heavy atom. The Hall–Kier alpha value is -3.55. The molecule has 0 aromatic heterocycles. The molecule has 1 saturated carbocycles. The Labute approximate surface area is 166 Å². The number of urea groups is 1. The quantitative estimate of drug-likeness (QED) is 0.531. The van der Waals surface area contributed by atoms with E-state index in [2.05, 4.69) is 16.0 Å². The van der Waals surface area contributed by atoms with Crippen LogP contribution in [-0.4, -0.2) is 34.2 Å². The molecule has 150 valence electrons. The predicted octanol–water partition coefficient (Wildman–Crippen LogP) is 2.40. The fourth-order valence-corrected chi connectivity index (χ4v) is 3.58. The number of rotatable bonds is 5. The summed E-state index contributed by atoms with van der Waals surface area (Å²) in [5.41, 5.74) is 2.06. The van der Waals surface area contributed by atoms with Crippen molar-refractivity contribution in [3.05, 3.63) is 59.2 Å². The Bertz CT molecular complexity index is 969. The van der Waals surface area contributed by atoms with E-state index in [0.29, 0.717) is 22.4 Å². The zero-order valence-corrected chi connectivity index (χ0v) is 15.5. The van der Waals surface area contributed by atoms with Crippen LogP contribution in [0.25, 0.3) is 0 Å². The molecule has 8 nitrogen and oxygen atoms in total. The van der Waals surface area contributed by atoms with Crippen molar-refractivity contribution in [3.8, 4) is 5.75 Å². The second kappa shape index (κ2) is 7.46. The maximum Gasteiger partial charge on any atom is 0.319 e. The van der Waals surface area contributed by atoms with Gasteiger partial charge in [-0.25, -0.2) is 4.79 Å². The molecule has 2 aliphatic carbocycles. The zero-order chi connectivity index (χ0) is 20.5. The van der Waals surface area contributed by atoms with Crippen LogP contribution < -0.4 is 16.0 Å². The Kier molecular flexibility index (Phi) is 4.84. The number of amides is 3. The smallest absolute Gasteiger partial charge is 0.319 e. The Balaban J connectivity index is 1.46. The van der Waals surface area contributed by atoms with Crippen LogP contribution in [0.2, 0.25) is 0 Å². The monoisotopic (exact) mass is 395 g/mol. The van der Waals surface area contributed by atoms with Gasteiger partial charge < -0.3 is 26.2 Å². The molecule has 0 aliphatic heterocycles. The summed E-state index contributed by atoms with van der Waals surface area (Å²) in [4.78, 5) is 36.1. The van der Waals surface area contributed by atoms with Crippen LogP contribution in [0.15, 0.2) is 42.5 Å². The number of aromatic hydroxyl groups is 1. The highest BCUT2D eigenvalue weighted by molar-refractivity contribution is 5.96. The minimum absolute atomic E-state index is 0.0328. The number of fused-ring (bicyclic) bond motifs is 1. The van der Waals surface area contributed by atoms with Gasteiger partial charge in [0.1, 0.15) is 5.75 Å². The summed E-state index contributed by atoms with van der Waals surface area (Å²) in [6, 6.07) is 10.4. The lowest BCUT2D eigenvalue weighted by Gasteiger charge is -2.19. The van der Waals surface area contributed by atoms with Gasteiger partial charge in [-0.2, -0.15) is 0 Å². The van der Waals surface area contributed by atoms with Gasteiger partial charge in [0.2, 0.25) is 0 Å². The van der Waals surface area contributed by atoms with E-state index in [1.807, 2.05) is 0 Å². The first-order valence-corrected chi connectivity index (χ1v) is 9.44. The van der Waals surface area contributed by atoms with Crippen LogP contribution in [0.3, 0.4) is 0 Å². The number of aliphatic carboxylic acids is 1. The van der Waals surface area contributed by atoms with Gasteiger partial charge in [-0.05, 0) is 55.2 Å². The third kappa shape index (κ3) is 4.01. The molecule has 0 radical (unpaired) electrons. The molecule has 0 spiro atoms. The standard InChI is InChI=1S/C21H21N3O5/c25-17-3-1-2-14-15(17)10-16(20(27)28)18(14)24-19(26)11-4-6-12(7-5-11)22-21(29)23-13-8-9-13/h1-7,13,16,18,25H,8-10H2,(H,24,26)(H,27,28)(H2,22,23,29). The van der Waals surface area contributed by atoms with Crippen LogP contribution in [0.5, 0.6) is 5.75 Å². The van der Waals surface area contributed by atoms with Crippen LogP contribution >= 0.6 is 0 Å². The number of phenols is 1. The molecule has 2 aromatic carbocycles. The van der Waals surface area contributed by atoms with Gasteiger partial charge in [-0.15, -0.1) is 0 Å². The minimum atomic E-state index is -1.04. The molecule has 2 unspecified atom stereocenters. The van der Waals surface area contributed by atoms with Crippen LogP contribution in [0.1, 0.15) is 40.4 Å². The van der Waals surface area contributed by atoms with Gasteiger partial charge in [0.15, 0.2) is 0 Å². The lowest BCUT2D eigenvalue weighted by molar-refractivity contribution is -0.142. The first kappa shape index (κ1) is 18.8. The van der Waals surface area contributed by atoms with E-state index >= 15 is 0 Å². The summed E-state index contributed by atoms with van der Waals surface area (Å²) in [5, 5.41) is 27.8. The van der Waals surface area contributed by atoms with Gasteiger partial charge in [0.25, 0.3) is 5.91 Å². The average Bonchev–Trinajstić information content (AvgIpc) is 3.41. The molecule has 0 bridgehead atoms. The van der Waals surface area contributed by atoms with Crippen LogP contribution in [-0.2, 0) is 11.2 Å². The molecule has 0 heterocycles. The van der Waals surface area contributed by atoms with Gasteiger partial charge >= 0.3 is 12.0 Å². The van der Waals surface area contributed by atoms with E-state index in [9.17, 15) is 24.6 Å². The number of hydrogen-bond donors (Lipinski definition) is 5. The molecule has 0 saturated heterocycles. The van der Waals surface area contributed by atoms with Crippen molar-refractivity contribution >= 4 is 23.6 Å². The van der Waals surface area contributed by atoms with Crippen molar-refractivity contribution in [1.29, 1.82) is 0 Å².